The molecular weight excluding hydrogens is 345 g/mol. The van der Waals surface area contributed by atoms with Crippen molar-refractivity contribution in [3.63, 3.8) is 0 Å². The van der Waals surface area contributed by atoms with Crippen molar-refractivity contribution in [2.45, 2.75) is 29.5 Å². The molecule has 4 atom stereocenters. The zero-order chi connectivity index (χ0) is 16.4. The van der Waals surface area contributed by atoms with Crippen molar-refractivity contribution in [1.82, 2.24) is 0 Å². The number of nitriles is 2. The Balaban J connectivity index is 2.86. The summed E-state index contributed by atoms with van der Waals surface area (Å²) in [5, 5.41) is 15.1. The number of alkyl halides is 8. The van der Waals surface area contributed by atoms with Crippen LogP contribution in [-0.4, -0.2) is 23.1 Å². The van der Waals surface area contributed by atoms with Gasteiger partial charge >= 0.3 is 12.4 Å². The van der Waals surface area contributed by atoms with E-state index in [1.54, 1.807) is 0 Å². The van der Waals surface area contributed by atoms with E-state index in [0.717, 1.165) is 12.1 Å². The van der Waals surface area contributed by atoms with Gasteiger partial charge in [0.15, 0.2) is 10.8 Å². The normalized spacial score (nSPS) is 37.0. The first-order valence-electron chi connectivity index (χ1n) is 5.66. The standard InChI is InChI=1S/C11H6Cl2F6N2/c12-6-4-1-5(7(6)13)9(10(14,15)16,11(17,18)19)8(4,2-20)3-21/h4-7H,1H2/t4-,5+,6-,7-/m0/s1. The van der Waals surface area contributed by atoms with E-state index in [0.29, 0.717) is 0 Å². The lowest BCUT2D eigenvalue weighted by atomic mass is 9.55. The van der Waals surface area contributed by atoms with Crippen LogP contribution in [0, 0.1) is 45.3 Å². The molecule has 116 valence electrons. The van der Waals surface area contributed by atoms with Crippen LogP contribution in [-0.2, 0) is 0 Å². The molecule has 0 aromatic heterocycles. The first-order valence-corrected chi connectivity index (χ1v) is 6.53. The van der Waals surface area contributed by atoms with Gasteiger partial charge in [-0.3, -0.25) is 0 Å². The van der Waals surface area contributed by atoms with E-state index >= 15 is 0 Å². The maximum Gasteiger partial charge on any atom is 0.406 e. The molecule has 0 heterocycles. The third-order valence-corrected chi connectivity index (χ3v) is 5.84. The highest BCUT2D eigenvalue weighted by Gasteiger charge is 2.91. The maximum atomic E-state index is 13.4. The van der Waals surface area contributed by atoms with Gasteiger partial charge in [-0.05, 0) is 6.42 Å². The predicted octanol–water partition coefficient (Wildman–Crippen LogP) is 4.00. The van der Waals surface area contributed by atoms with Gasteiger partial charge in [-0.15, -0.1) is 23.2 Å². The maximum absolute atomic E-state index is 13.4. The zero-order valence-electron chi connectivity index (χ0n) is 9.93. The van der Waals surface area contributed by atoms with Crippen molar-refractivity contribution in [3.05, 3.63) is 0 Å². The Hall–Kier alpha value is -0.860. The lowest BCUT2D eigenvalue weighted by Gasteiger charge is -2.49. The summed E-state index contributed by atoms with van der Waals surface area (Å²) in [6, 6.07) is 1.94. The first kappa shape index (κ1) is 16.5. The molecule has 0 aromatic carbocycles. The minimum absolute atomic E-state index is 0.664. The van der Waals surface area contributed by atoms with Crippen molar-refractivity contribution >= 4 is 23.2 Å². The van der Waals surface area contributed by atoms with Gasteiger partial charge in [0.2, 0.25) is 0 Å². The lowest BCUT2D eigenvalue weighted by Crippen LogP contribution is -2.66. The van der Waals surface area contributed by atoms with E-state index in [9.17, 15) is 26.3 Å². The summed E-state index contributed by atoms with van der Waals surface area (Å²) in [5.74, 6) is -3.75. The van der Waals surface area contributed by atoms with Gasteiger partial charge in [-0.2, -0.15) is 36.9 Å². The van der Waals surface area contributed by atoms with Gasteiger partial charge in [0.1, 0.15) is 0 Å². The fourth-order valence-electron chi connectivity index (χ4n) is 3.79. The monoisotopic (exact) mass is 350 g/mol. The summed E-state index contributed by atoms with van der Waals surface area (Å²) < 4.78 is 80.5. The molecule has 10 heteroatoms. The molecule has 0 radical (unpaired) electrons. The lowest BCUT2D eigenvalue weighted by molar-refractivity contribution is -0.376. The quantitative estimate of drug-likeness (QED) is 0.489. The minimum Gasteiger partial charge on any atom is -0.197 e. The molecule has 2 aliphatic rings. The van der Waals surface area contributed by atoms with E-state index in [1.807, 2.05) is 0 Å². The highest BCUT2D eigenvalue weighted by molar-refractivity contribution is 6.31. The van der Waals surface area contributed by atoms with Crippen molar-refractivity contribution in [1.29, 1.82) is 10.5 Å². The predicted molar refractivity (Wildman–Crippen MR) is 59.1 cm³/mol. The fourth-order valence-corrected chi connectivity index (χ4v) is 4.72. The van der Waals surface area contributed by atoms with E-state index < -0.39 is 52.2 Å². The molecule has 2 rings (SSSR count). The number of fused-ring (bicyclic) bond motifs is 2. The van der Waals surface area contributed by atoms with E-state index in [-0.39, 0.29) is 0 Å². The second-order valence-corrected chi connectivity index (χ2v) is 6.18. The zero-order valence-corrected chi connectivity index (χ0v) is 11.4. The van der Waals surface area contributed by atoms with Crippen molar-refractivity contribution in [3.8, 4) is 12.1 Å². The summed E-state index contributed by atoms with van der Waals surface area (Å²) in [4.78, 5) is 0. The van der Waals surface area contributed by atoms with E-state index in [4.69, 9.17) is 33.7 Å². The van der Waals surface area contributed by atoms with Gasteiger partial charge in [0.05, 0.1) is 22.9 Å². The average molecular weight is 351 g/mol. The third-order valence-electron chi connectivity index (χ3n) is 4.56. The van der Waals surface area contributed by atoms with Crippen LogP contribution in [0.5, 0.6) is 0 Å². The van der Waals surface area contributed by atoms with Gasteiger partial charge in [0.25, 0.3) is 0 Å². The van der Waals surface area contributed by atoms with Crippen LogP contribution >= 0.6 is 23.2 Å². The molecule has 0 amide bonds. The molecule has 2 saturated carbocycles. The second kappa shape index (κ2) is 4.33. The summed E-state index contributed by atoms with van der Waals surface area (Å²) >= 11 is 11.4. The molecule has 0 spiro atoms. The number of hydrogen-bond acceptors (Lipinski definition) is 2. The fraction of sp³-hybridized carbons (Fsp3) is 0.818. The topological polar surface area (TPSA) is 47.6 Å². The Morgan fingerprint density at radius 1 is 0.857 bits per heavy atom. The molecule has 2 fully saturated rings. The summed E-state index contributed by atoms with van der Waals surface area (Å²) in [7, 11) is 0. The minimum atomic E-state index is -5.85. The highest BCUT2D eigenvalue weighted by Crippen LogP contribution is 2.77. The Kier molecular flexibility index (Phi) is 3.40. The Morgan fingerprint density at radius 3 is 1.57 bits per heavy atom. The van der Waals surface area contributed by atoms with Crippen molar-refractivity contribution < 1.29 is 26.3 Å². The van der Waals surface area contributed by atoms with Crippen LogP contribution in [0.15, 0.2) is 0 Å². The molecule has 2 nitrogen and oxygen atoms in total. The molecule has 0 unspecified atom stereocenters. The molecule has 2 aliphatic carbocycles. The van der Waals surface area contributed by atoms with Crippen LogP contribution in [0.2, 0.25) is 0 Å². The van der Waals surface area contributed by atoms with Crippen LogP contribution in [0.3, 0.4) is 0 Å². The molecule has 0 aromatic rings. The number of rotatable bonds is 0. The molecular formula is C11H6Cl2F6N2. The van der Waals surface area contributed by atoms with Gasteiger partial charge in [-0.25, -0.2) is 0 Å². The Morgan fingerprint density at radius 2 is 1.24 bits per heavy atom. The summed E-state index contributed by atoms with van der Waals surface area (Å²) in [6.07, 6.45) is -12.4. The van der Waals surface area contributed by atoms with E-state index in [1.165, 1.54) is 0 Å². The molecule has 0 aliphatic heterocycles. The van der Waals surface area contributed by atoms with Crippen LogP contribution in [0.4, 0.5) is 26.3 Å². The van der Waals surface area contributed by atoms with Crippen LogP contribution in [0.25, 0.3) is 0 Å². The third kappa shape index (κ3) is 1.55. The van der Waals surface area contributed by atoms with Gasteiger partial charge in [0, 0.05) is 11.8 Å². The molecule has 0 N–H and O–H groups in total. The van der Waals surface area contributed by atoms with Crippen molar-refractivity contribution in [2.75, 3.05) is 0 Å². The largest absolute Gasteiger partial charge is 0.406 e. The van der Waals surface area contributed by atoms with Gasteiger partial charge in [-0.1, -0.05) is 0 Å². The molecule has 2 bridgehead atoms. The smallest absolute Gasteiger partial charge is 0.197 e. The van der Waals surface area contributed by atoms with E-state index in [2.05, 4.69) is 0 Å². The van der Waals surface area contributed by atoms with Crippen LogP contribution < -0.4 is 0 Å². The summed E-state index contributed by atoms with van der Waals surface area (Å²) in [5.41, 5.74) is -7.81. The Labute approximate surface area is 125 Å². The number of hydrogen-bond donors (Lipinski definition) is 0. The first-order chi connectivity index (χ1) is 9.42. The molecule has 21 heavy (non-hydrogen) atoms. The summed E-state index contributed by atoms with van der Waals surface area (Å²) in [6.45, 7) is 0. The van der Waals surface area contributed by atoms with Crippen molar-refractivity contribution in [2.24, 2.45) is 22.7 Å². The average Bonchev–Trinajstić information content (AvgIpc) is 2.80. The highest BCUT2D eigenvalue weighted by atomic mass is 35.5. The van der Waals surface area contributed by atoms with Crippen LogP contribution in [0.1, 0.15) is 6.42 Å². The SMILES string of the molecule is N#CC1(C#N)[C@H]2C[C@H]([C@H](Cl)[C@H]2Cl)C1(C(F)(F)F)C(F)(F)F. The Bertz CT molecular complexity index is 515. The van der Waals surface area contributed by atoms with Gasteiger partial charge < -0.3 is 0 Å². The second-order valence-electron chi connectivity index (χ2n) is 5.17. The number of nitrogens with zero attached hydrogens (tertiary/aromatic N) is 2. The number of halogens is 8. The molecule has 0 saturated heterocycles.